The van der Waals surface area contributed by atoms with Gasteiger partial charge in [-0.15, -0.1) is 0 Å². The second-order valence-corrected chi connectivity index (χ2v) is 4.62. The molecule has 20 heavy (non-hydrogen) atoms. The van der Waals surface area contributed by atoms with E-state index in [0.29, 0.717) is 17.9 Å². The molecular weight excluding hydrogens is 259 g/mol. The van der Waals surface area contributed by atoms with Gasteiger partial charge in [0.15, 0.2) is 0 Å². The fourth-order valence-corrected chi connectivity index (χ4v) is 2.42. The van der Waals surface area contributed by atoms with Crippen LogP contribution in [-0.4, -0.2) is 25.6 Å². The molecular formula is C15H25FN2O2. The van der Waals surface area contributed by atoms with Gasteiger partial charge in [0, 0.05) is 32.4 Å². The van der Waals surface area contributed by atoms with Crippen molar-refractivity contribution < 1.29 is 15.3 Å². The number of carbonyl (C=O) groups excluding carboxylic acids is 1. The molecule has 114 valence electrons. The van der Waals surface area contributed by atoms with Crippen molar-refractivity contribution in [2.45, 2.75) is 39.2 Å². The van der Waals surface area contributed by atoms with Gasteiger partial charge in [-0.2, -0.15) is 0 Å². The van der Waals surface area contributed by atoms with Crippen LogP contribution in [0.15, 0.2) is 12.1 Å². The van der Waals surface area contributed by atoms with Crippen LogP contribution >= 0.6 is 0 Å². The van der Waals surface area contributed by atoms with Gasteiger partial charge in [0.25, 0.3) is 0 Å². The Labute approximate surface area is 121 Å². The number of amides is 1. The van der Waals surface area contributed by atoms with Crippen molar-refractivity contribution in [3.63, 3.8) is 0 Å². The second kappa shape index (κ2) is 7.24. The molecule has 4 nitrogen and oxygen atoms in total. The van der Waals surface area contributed by atoms with Crippen molar-refractivity contribution in [3.05, 3.63) is 29.1 Å². The van der Waals surface area contributed by atoms with Gasteiger partial charge in [-0.05, 0) is 24.1 Å². The maximum atomic E-state index is 14.1. The van der Waals surface area contributed by atoms with E-state index in [1.54, 1.807) is 13.0 Å². The van der Waals surface area contributed by atoms with Crippen molar-refractivity contribution in [1.29, 1.82) is 0 Å². The highest BCUT2D eigenvalue weighted by atomic mass is 19.1. The Morgan fingerprint density at radius 3 is 2.65 bits per heavy atom. The lowest BCUT2D eigenvalue weighted by molar-refractivity contribution is -0.122. The number of nitrogens with one attached hydrogen (secondary N) is 1. The van der Waals surface area contributed by atoms with Crippen LogP contribution in [0.25, 0.3) is 0 Å². The molecule has 2 atom stereocenters. The summed E-state index contributed by atoms with van der Waals surface area (Å²) in [6.07, 6.45) is 0.227. The van der Waals surface area contributed by atoms with Crippen LogP contribution in [0.2, 0.25) is 0 Å². The maximum Gasteiger partial charge on any atom is 0.220 e. The number of hydrogen-bond donors (Lipinski definition) is 2. The number of piperidine rings is 1. The third-order valence-corrected chi connectivity index (χ3v) is 3.37. The van der Waals surface area contributed by atoms with Crippen molar-refractivity contribution in [2.24, 2.45) is 5.73 Å². The van der Waals surface area contributed by atoms with Crippen molar-refractivity contribution in [1.82, 2.24) is 5.32 Å². The Bertz CT molecular complexity index is 460. The molecule has 0 radical (unpaired) electrons. The zero-order valence-corrected chi connectivity index (χ0v) is 12.5. The molecule has 1 saturated heterocycles. The van der Waals surface area contributed by atoms with E-state index in [1.165, 1.54) is 13.2 Å². The Morgan fingerprint density at radius 1 is 1.45 bits per heavy atom. The first-order chi connectivity index (χ1) is 9.52. The zero-order chi connectivity index (χ0) is 15.3. The first kappa shape index (κ1) is 16.4. The predicted octanol–water partition coefficient (Wildman–Crippen LogP) is 2.35. The maximum absolute atomic E-state index is 14.1. The van der Waals surface area contributed by atoms with Gasteiger partial charge in [-0.3, -0.25) is 4.79 Å². The summed E-state index contributed by atoms with van der Waals surface area (Å²) in [6, 6.07) is 2.84. The molecule has 1 heterocycles. The molecule has 0 saturated carbocycles. The molecule has 0 bridgehead atoms. The average molecular weight is 284 g/mol. The van der Waals surface area contributed by atoms with Gasteiger partial charge in [0.2, 0.25) is 5.91 Å². The number of nitrogens with two attached hydrogens (primary N) is 1. The van der Waals surface area contributed by atoms with Gasteiger partial charge >= 0.3 is 0 Å². The number of rotatable bonds is 2. The summed E-state index contributed by atoms with van der Waals surface area (Å²) in [5.41, 5.74) is 7.26. The Balaban J connectivity index is 0.00000128. The van der Waals surface area contributed by atoms with Crippen LogP contribution in [0.4, 0.5) is 4.39 Å². The SMILES string of the molecule is CC.COc1cc(C)c([C@@H]2CC(=O)NC[C@H]2N)c(F)c1.[HH]. The molecule has 1 fully saturated rings. The topological polar surface area (TPSA) is 64.3 Å². The lowest BCUT2D eigenvalue weighted by atomic mass is 9.83. The van der Waals surface area contributed by atoms with Crippen LogP contribution in [0.1, 0.15) is 38.7 Å². The van der Waals surface area contributed by atoms with E-state index in [9.17, 15) is 9.18 Å². The molecule has 0 spiro atoms. The molecule has 5 heteroatoms. The Morgan fingerprint density at radius 2 is 2.10 bits per heavy atom. The lowest BCUT2D eigenvalue weighted by Gasteiger charge is -2.30. The largest absolute Gasteiger partial charge is 0.497 e. The molecule has 0 aliphatic carbocycles. The van der Waals surface area contributed by atoms with E-state index in [0.717, 1.165) is 5.56 Å². The Kier molecular flexibility index (Phi) is 5.95. The summed E-state index contributed by atoms with van der Waals surface area (Å²) in [5.74, 6) is -0.245. The predicted molar refractivity (Wildman–Crippen MR) is 79.5 cm³/mol. The first-order valence-electron chi connectivity index (χ1n) is 6.89. The van der Waals surface area contributed by atoms with E-state index in [4.69, 9.17) is 10.5 Å². The smallest absolute Gasteiger partial charge is 0.220 e. The molecule has 3 N–H and O–H groups in total. The van der Waals surface area contributed by atoms with Gasteiger partial charge < -0.3 is 15.8 Å². The third kappa shape index (κ3) is 3.48. The number of carbonyl (C=O) groups is 1. The molecule has 0 aromatic heterocycles. The number of halogens is 1. The molecule has 2 rings (SSSR count). The number of ether oxygens (including phenoxy) is 1. The third-order valence-electron chi connectivity index (χ3n) is 3.37. The lowest BCUT2D eigenvalue weighted by Crippen LogP contribution is -2.48. The quantitative estimate of drug-likeness (QED) is 0.876. The zero-order valence-electron chi connectivity index (χ0n) is 12.5. The minimum Gasteiger partial charge on any atom is -0.497 e. The van der Waals surface area contributed by atoms with Gasteiger partial charge in [0.05, 0.1) is 7.11 Å². The molecule has 1 aromatic carbocycles. The molecule has 0 unspecified atom stereocenters. The van der Waals surface area contributed by atoms with Crippen molar-refractivity contribution in [2.75, 3.05) is 13.7 Å². The Hall–Kier alpha value is -1.62. The summed E-state index contributed by atoms with van der Waals surface area (Å²) in [7, 11) is 1.49. The summed E-state index contributed by atoms with van der Waals surface area (Å²) in [5, 5.41) is 2.68. The van der Waals surface area contributed by atoms with E-state index >= 15 is 0 Å². The van der Waals surface area contributed by atoms with Crippen LogP contribution in [-0.2, 0) is 4.79 Å². The normalized spacial score (nSPS) is 21.6. The van der Waals surface area contributed by atoms with E-state index in [-0.39, 0.29) is 31.5 Å². The molecule has 1 aliphatic rings. The summed E-state index contributed by atoms with van der Waals surface area (Å²) < 4.78 is 19.1. The fraction of sp³-hybridized carbons (Fsp3) is 0.533. The average Bonchev–Trinajstić information content (AvgIpc) is 2.44. The van der Waals surface area contributed by atoms with E-state index in [2.05, 4.69) is 5.32 Å². The van der Waals surface area contributed by atoms with Gasteiger partial charge in [-0.25, -0.2) is 4.39 Å². The number of methoxy groups -OCH3 is 1. The van der Waals surface area contributed by atoms with Crippen LogP contribution < -0.4 is 15.8 Å². The summed E-state index contributed by atoms with van der Waals surface area (Å²) in [6.45, 7) is 6.19. The highest BCUT2D eigenvalue weighted by Gasteiger charge is 2.31. The second-order valence-electron chi connectivity index (χ2n) is 4.62. The first-order valence-corrected chi connectivity index (χ1v) is 6.89. The fourth-order valence-electron chi connectivity index (χ4n) is 2.42. The van der Waals surface area contributed by atoms with Crippen LogP contribution in [0, 0.1) is 12.7 Å². The minimum absolute atomic E-state index is 0. The van der Waals surface area contributed by atoms with E-state index in [1.807, 2.05) is 13.8 Å². The van der Waals surface area contributed by atoms with Crippen LogP contribution in [0.3, 0.4) is 0 Å². The number of hydrogen-bond acceptors (Lipinski definition) is 3. The highest BCUT2D eigenvalue weighted by Crippen LogP contribution is 2.32. The number of benzene rings is 1. The molecule has 1 aromatic rings. The molecule has 1 amide bonds. The van der Waals surface area contributed by atoms with Crippen molar-refractivity contribution in [3.8, 4) is 5.75 Å². The van der Waals surface area contributed by atoms with Crippen LogP contribution in [0.5, 0.6) is 5.75 Å². The van der Waals surface area contributed by atoms with Gasteiger partial charge in [-0.1, -0.05) is 13.8 Å². The highest BCUT2D eigenvalue weighted by molar-refractivity contribution is 5.78. The standard InChI is InChI=1S/C13H17FN2O2.C2H6.H2/c1-7-3-8(18-2)4-10(14)13(7)9-5-12(17)16-6-11(9)15;1-2;/h3-4,9,11H,5-6,15H2,1-2H3,(H,16,17);1-2H3;1H/t9-,11-;;/m1../s1. The summed E-state index contributed by atoms with van der Waals surface area (Å²) in [4.78, 5) is 11.4. The minimum atomic E-state index is -0.359. The van der Waals surface area contributed by atoms with E-state index < -0.39 is 0 Å². The summed E-state index contributed by atoms with van der Waals surface area (Å²) >= 11 is 0. The number of aryl methyl sites for hydroxylation is 1. The monoisotopic (exact) mass is 284 g/mol. The van der Waals surface area contributed by atoms with Crippen molar-refractivity contribution >= 4 is 5.91 Å². The van der Waals surface area contributed by atoms with Gasteiger partial charge in [0.1, 0.15) is 11.6 Å². The molecule has 1 aliphatic heterocycles.